The molecule has 2 N–H and O–H groups in total. The monoisotopic (exact) mass is 334 g/mol. The first kappa shape index (κ1) is 15.4. The number of nitrogens with zero attached hydrogens (tertiary/aromatic N) is 2. The number of ketones is 1. The summed E-state index contributed by atoms with van der Waals surface area (Å²) in [5.74, 6) is 0.781. The quantitative estimate of drug-likeness (QED) is 0.588. The van der Waals surface area contributed by atoms with Gasteiger partial charge in [-0.05, 0) is 37.6 Å². The SMILES string of the molecule is CC(=O)CCC(c1nc2ccccc2[nH]1)n1c(=O)[nH]c2ccccc21. The van der Waals surface area contributed by atoms with Gasteiger partial charge in [0.2, 0.25) is 0 Å². The number of H-pyrrole nitrogens is 2. The summed E-state index contributed by atoms with van der Waals surface area (Å²) in [7, 11) is 0. The molecule has 0 amide bonds. The maximum Gasteiger partial charge on any atom is 0.327 e. The molecule has 0 saturated heterocycles. The van der Waals surface area contributed by atoms with Crippen molar-refractivity contribution in [1.82, 2.24) is 19.5 Å². The topological polar surface area (TPSA) is 83.5 Å². The summed E-state index contributed by atoms with van der Waals surface area (Å²) in [5, 5.41) is 0. The van der Waals surface area contributed by atoms with Crippen LogP contribution in [0, 0.1) is 0 Å². The Hall–Kier alpha value is -3.15. The number of benzene rings is 2. The van der Waals surface area contributed by atoms with Gasteiger partial charge in [0.05, 0.1) is 28.1 Å². The molecule has 2 aromatic heterocycles. The minimum Gasteiger partial charge on any atom is -0.340 e. The van der Waals surface area contributed by atoms with Gasteiger partial charge in [0.25, 0.3) is 0 Å². The van der Waals surface area contributed by atoms with Crippen molar-refractivity contribution in [1.29, 1.82) is 0 Å². The van der Waals surface area contributed by atoms with E-state index >= 15 is 0 Å². The number of imidazole rings is 2. The van der Waals surface area contributed by atoms with E-state index in [0.29, 0.717) is 18.7 Å². The number of rotatable bonds is 5. The molecule has 25 heavy (non-hydrogen) atoms. The molecule has 0 aliphatic carbocycles. The summed E-state index contributed by atoms with van der Waals surface area (Å²) < 4.78 is 1.69. The number of nitrogens with one attached hydrogen (secondary N) is 2. The first-order valence-corrected chi connectivity index (χ1v) is 8.27. The third kappa shape index (κ3) is 2.76. The molecular formula is C19H18N4O2. The second kappa shape index (κ2) is 6.05. The third-order valence-electron chi connectivity index (χ3n) is 4.43. The molecule has 0 saturated carbocycles. The van der Waals surface area contributed by atoms with Crippen LogP contribution in [0.15, 0.2) is 53.3 Å². The Morgan fingerprint density at radius 3 is 2.56 bits per heavy atom. The van der Waals surface area contributed by atoms with Crippen LogP contribution in [0.3, 0.4) is 0 Å². The molecular weight excluding hydrogens is 316 g/mol. The number of carbonyl (C=O) groups is 1. The molecule has 1 atom stereocenters. The van der Waals surface area contributed by atoms with Crippen molar-refractivity contribution in [2.75, 3.05) is 0 Å². The number of para-hydroxylation sites is 4. The molecule has 0 aliphatic rings. The van der Waals surface area contributed by atoms with Gasteiger partial charge < -0.3 is 14.8 Å². The van der Waals surface area contributed by atoms with Crippen molar-refractivity contribution in [2.45, 2.75) is 25.8 Å². The summed E-state index contributed by atoms with van der Waals surface area (Å²) in [6.07, 6.45) is 0.893. The Labute approximate surface area is 143 Å². The van der Waals surface area contributed by atoms with E-state index in [9.17, 15) is 9.59 Å². The highest BCUT2D eigenvalue weighted by atomic mass is 16.1. The smallest absolute Gasteiger partial charge is 0.327 e. The molecule has 6 nitrogen and oxygen atoms in total. The molecule has 0 bridgehead atoms. The molecule has 0 fully saturated rings. The number of carbonyl (C=O) groups excluding carboxylic acids is 1. The summed E-state index contributed by atoms with van der Waals surface area (Å²) >= 11 is 0. The maximum atomic E-state index is 12.6. The van der Waals surface area contributed by atoms with E-state index < -0.39 is 0 Å². The van der Waals surface area contributed by atoms with Crippen LogP contribution in [0.5, 0.6) is 0 Å². The molecule has 126 valence electrons. The average Bonchev–Trinajstić information content (AvgIpc) is 3.16. The molecule has 2 aromatic carbocycles. The van der Waals surface area contributed by atoms with Crippen LogP contribution in [0.2, 0.25) is 0 Å². The number of aromatic amines is 2. The van der Waals surface area contributed by atoms with Crippen molar-refractivity contribution < 1.29 is 4.79 Å². The van der Waals surface area contributed by atoms with Crippen LogP contribution in [0.1, 0.15) is 31.6 Å². The average molecular weight is 334 g/mol. The lowest BCUT2D eigenvalue weighted by Gasteiger charge is -2.16. The highest BCUT2D eigenvalue weighted by Gasteiger charge is 2.22. The van der Waals surface area contributed by atoms with Crippen molar-refractivity contribution in [3.8, 4) is 0 Å². The van der Waals surface area contributed by atoms with Crippen molar-refractivity contribution in [2.24, 2.45) is 0 Å². The van der Waals surface area contributed by atoms with Crippen LogP contribution >= 0.6 is 0 Å². The number of fused-ring (bicyclic) bond motifs is 2. The van der Waals surface area contributed by atoms with Crippen molar-refractivity contribution >= 4 is 27.9 Å². The fourth-order valence-corrected chi connectivity index (χ4v) is 3.24. The first-order valence-electron chi connectivity index (χ1n) is 8.27. The largest absolute Gasteiger partial charge is 0.340 e. The highest BCUT2D eigenvalue weighted by Crippen LogP contribution is 2.26. The summed E-state index contributed by atoms with van der Waals surface area (Å²) in [5.41, 5.74) is 3.14. The van der Waals surface area contributed by atoms with Crippen LogP contribution in [0.4, 0.5) is 0 Å². The highest BCUT2D eigenvalue weighted by molar-refractivity contribution is 5.77. The molecule has 0 radical (unpaired) electrons. The van der Waals surface area contributed by atoms with E-state index in [4.69, 9.17) is 0 Å². The minimum atomic E-state index is -0.333. The Balaban J connectivity index is 1.89. The fourth-order valence-electron chi connectivity index (χ4n) is 3.24. The van der Waals surface area contributed by atoms with E-state index in [1.54, 1.807) is 11.5 Å². The normalized spacial score (nSPS) is 12.7. The lowest BCUT2D eigenvalue weighted by Crippen LogP contribution is -2.24. The Kier molecular flexibility index (Phi) is 3.72. The van der Waals surface area contributed by atoms with E-state index in [1.807, 2.05) is 48.5 Å². The minimum absolute atomic E-state index is 0.0917. The number of hydrogen-bond acceptors (Lipinski definition) is 3. The second-order valence-corrected chi connectivity index (χ2v) is 6.21. The van der Waals surface area contributed by atoms with E-state index in [1.165, 1.54) is 0 Å². The molecule has 0 aliphatic heterocycles. The van der Waals surface area contributed by atoms with Gasteiger partial charge in [-0.25, -0.2) is 9.78 Å². The Morgan fingerprint density at radius 1 is 1.08 bits per heavy atom. The molecule has 4 aromatic rings. The van der Waals surface area contributed by atoms with Gasteiger partial charge in [0, 0.05) is 6.42 Å². The number of aromatic nitrogens is 4. The second-order valence-electron chi connectivity index (χ2n) is 6.21. The predicted molar refractivity (Wildman–Crippen MR) is 96.7 cm³/mol. The lowest BCUT2D eigenvalue weighted by molar-refractivity contribution is -0.117. The van der Waals surface area contributed by atoms with Crippen LogP contribution in [-0.4, -0.2) is 25.3 Å². The Bertz CT molecular complexity index is 1090. The Morgan fingerprint density at radius 2 is 1.80 bits per heavy atom. The van der Waals surface area contributed by atoms with Crippen LogP contribution < -0.4 is 5.69 Å². The first-order chi connectivity index (χ1) is 12.1. The predicted octanol–water partition coefficient (Wildman–Crippen LogP) is 3.16. The molecule has 6 heteroatoms. The molecule has 4 rings (SSSR count). The zero-order chi connectivity index (χ0) is 17.4. The summed E-state index contributed by atoms with van der Waals surface area (Å²) in [6, 6.07) is 15.0. The summed E-state index contributed by atoms with van der Waals surface area (Å²) in [6.45, 7) is 1.56. The zero-order valence-electron chi connectivity index (χ0n) is 13.8. The maximum absolute atomic E-state index is 12.6. The van der Waals surface area contributed by atoms with Gasteiger partial charge in [0.15, 0.2) is 0 Å². The lowest BCUT2D eigenvalue weighted by atomic mass is 10.1. The number of Topliss-reactive ketones (excluding diaryl/α,β-unsaturated/α-hetero) is 1. The van der Waals surface area contributed by atoms with E-state index in [2.05, 4.69) is 15.0 Å². The molecule has 1 unspecified atom stereocenters. The van der Waals surface area contributed by atoms with Gasteiger partial charge in [-0.15, -0.1) is 0 Å². The van der Waals surface area contributed by atoms with E-state index in [0.717, 1.165) is 22.1 Å². The van der Waals surface area contributed by atoms with Gasteiger partial charge >= 0.3 is 5.69 Å². The van der Waals surface area contributed by atoms with Gasteiger partial charge in [-0.2, -0.15) is 0 Å². The van der Waals surface area contributed by atoms with Crippen molar-refractivity contribution in [3.05, 3.63) is 64.8 Å². The third-order valence-corrected chi connectivity index (χ3v) is 4.43. The van der Waals surface area contributed by atoms with Crippen LogP contribution in [0.25, 0.3) is 22.1 Å². The standard InChI is InChI=1S/C19H18N4O2/c1-12(24)10-11-17(18-20-13-6-2-3-7-14(13)21-18)23-16-9-5-4-8-15(16)22-19(23)25/h2-9,17H,10-11H2,1H3,(H,20,21)(H,22,25). The molecule has 0 spiro atoms. The van der Waals surface area contributed by atoms with Crippen LogP contribution in [-0.2, 0) is 4.79 Å². The summed E-state index contributed by atoms with van der Waals surface area (Å²) in [4.78, 5) is 35.0. The molecule has 2 heterocycles. The zero-order valence-corrected chi connectivity index (χ0v) is 13.8. The van der Waals surface area contributed by atoms with Gasteiger partial charge in [-0.1, -0.05) is 24.3 Å². The van der Waals surface area contributed by atoms with Crippen molar-refractivity contribution in [3.63, 3.8) is 0 Å². The number of hydrogen-bond donors (Lipinski definition) is 2. The van der Waals surface area contributed by atoms with Gasteiger partial charge in [0.1, 0.15) is 11.6 Å². The fraction of sp³-hybridized carbons (Fsp3) is 0.211. The van der Waals surface area contributed by atoms with Gasteiger partial charge in [-0.3, -0.25) is 4.57 Å². The van der Waals surface area contributed by atoms with E-state index in [-0.39, 0.29) is 17.5 Å².